The van der Waals surface area contributed by atoms with Gasteiger partial charge in [0.1, 0.15) is 5.82 Å². The Hall–Kier alpha value is -0.930. The van der Waals surface area contributed by atoms with Crippen molar-refractivity contribution in [3.8, 4) is 0 Å². The van der Waals surface area contributed by atoms with E-state index in [4.69, 9.17) is 0 Å². The van der Waals surface area contributed by atoms with Gasteiger partial charge in [-0.2, -0.15) is 0 Å². The third-order valence-corrected chi connectivity index (χ3v) is 4.67. The number of hydrogen-bond acceptors (Lipinski definition) is 2. The van der Waals surface area contributed by atoms with Gasteiger partial charge in [-0.05, 0) is 56.9 Å². The predicted octanol–water partition coefficient (Wildman–Crippen LogP) is 3.99. The van der Waals surface area contributed by atoms with Crippen molar-refractivity contribution in [3.63, 3.8) is 0 Å². The molecular formula is C18H29FN2. The molecule has 1 heterocycles. The Morgan fingerprint density at radius 2 is 1.90 bits per heavy atom. The molecule has 1 aliphatic rings. The molecule has 1 atom stereocenters. The third kappa shape index (κ3) is 4.79. The average Bonchev–Trinajstić information content (AvgIpc) is 2.45. The average molecular weight is 292 g/mol. The molecule has 0 aliphatic carbocycles. The number of nitrogens with one attached hydrogen (secondary N) is 1. The van der Waals surface area contributed by atoms with E-state index in [1.165, 1.54) is 25.9 Å². The molecule has 1 unspecified atom stereocenters. The molecule has 118 valence electrons. The highest BCUT2D eigenvalue weighted by Gasteiger charge is 2.25. The predicted molar refractivity (Wildman–Crippen MR) is 86.9 cm³/mol. The van der Waals surface area contributed by atoms with Gasteiger partial charge in [-0.15, -0.1) is 0 Å². The third-order valence-electron chi connectivity index (χ3n) is 4.67. The van der Waals surface area contributed by atoms with Gasteiger partial charge >= 0.3 is 0 Å². The van der Waals surface area contributed by atoms with Crippen LogP contribution in [0.5, 0.6) is 0 Å². The second-order valence-corrected chi connectivity index (χ2v) is 6.93. The summed E-state index contributed by atoms with van der Waals surface area (Å²) in [4.78, 5) is 2.52. The number of nitrogens with zero attached hydrogens (tertiary/aromatic N) is 1. The first-order valence-electron chi connectivity index (χ1n) is 8.22. The van der Waals surface area contributed by atoms with Crippen LogP contribution in [-0.2, 0) is 0 Å². The van der Waals surface area contributed by atoms with Crippen molar-refractivity contribution < 1.29 is 4.39 Å². The van der Waals surface area contributed by atoms with E-state index in [0.29, 0.717) is 5.41 Å². The molecule has 1 fully saturated rings. The SMILES string of the molecule is CCNC(CCN1CCC(C)(C)CC1)c1ccccc1F. The number of likely N-dealkylation sites (tertiary alicyclic amines) is 1. The fourth-order valence-corrected chi connectivity index (χ4v) is 3.07. The molecule has 1 N–H and O–H groups in total. The summed E-state index contributed by atoms with van der Waals surface area (Å²) in [5.74, 6) is -0.0942. The van der Waals surface area contributed by atoms with Crippen LogP contribution in [0.25, 0.3) is 0 Å². The van der Waals surface area contributed by atoms with Crippen LogP contribution < -0.4 is 5.32 Å². The lowest BCUT2D eigenvalue weighted by atomic mass is 9.82. The molecule has 2 nitrogen and oxygen atoms in total. The normalized spacial score (nSPS) is 20.4. The van der Waals surface area contributed by atoms with Crippen molar-refractivity contribution in [2.24, 2.45) is 5.41 Å². The summed E-state index contributed by atoms with van der Waals surface area (Å²) in [6, 6.07) is 7.26. The summed E-state index contributed by atoms with van der Waals surface area (Å²) in [6.45, 7) is 11.0. The monoisotopic (exact) mass is 292 g/mol. The number of rotatable bonds is 6. The van der Waals surface area contributed by atoms with Gasteiger partial charge in [-0.1, -0.05) is 39.0 Å². The van der Waals surface area contributed by atoms with E-state index in [1.807, 2.05) is 12.1 Å². The zero-order valence-electron chi connectivity index (χ0n) is 13.7. The van der Waals surface area contributed by atoms with Gasteiger partial charge in [0.05, 0.1) is 0 Å². The van der Waals surface area contributed by atoms with Gasteiger partial charge in [-0.25, -0.2) is 4.39 Å². The van der Waals surface area contributed by atoms with Crippen molar-refractivity contribution in [1.29, 1.82) is 0 Å². The fraction of sp³-hybridized carbons (Fsp3) is 0.667. The summed E-state index contributed by atoms with van der Waals surface area (Å²) in [6.07, 6.45) is 3.49. The highest BCUT2D eigenvalue weighted by atomic mass is 19.1. The molecule has 21 heavy (non-hydrogen) atoms. The Morgan fingerprint density at radius 1 is 1.24 bits per heavy atom. The number of halogens is 1. The Balaban J connectivity index is 1.91. The smallest absolute Gasteiger partial charge is 0.127 e. The molecule has 1 aromatic carbocycles. The van der Waals surface area contributed by atoms with Crippen molar-refractivity contribution in [2.75, 3.05) is 26.2 Å². The van der Waals surface area contributed by atoms with E-state index >= 15 is 0 Å². The molecule has 0 saturated carbocycles. The summed E-state index contributed by atoms with van der Waals surface area (Å²) in [5.41, 5.74) is 1.29. The fourth-order valence-electron chi connectivity index (χ4n) is 3.07. The van der Waals surface area contributed by atoms with Crippen LogP contribution in [0.1, 0.15) is 51.6 Å². The van der Waals surface area contributed by atoms with Crippen LogP contribution in [0.3, 0.4) is 0 Å². The van der Waals surface area contributed by atoms with E-state index in [-0.39, 0.29) is 11.9 Å². The van der Waals surface area contributed by atoms with Crippen molar-refractivity contribution in [1.82, 2.24) is 10.2 Å². The number of hydrogen-bond donors (Lipinski definition) is 1. The summed E-state index contributed by atoms with van der Waals surface area (Å²) >= 11 is 0. The van der Waals surface area contributed by atoms with Gasteiger partial charge in [0.25, 0.3) is 0 Å². The largest absolute Gasteiger partial charge is 0.310 e. The highest BCUT2D eigenvalue weighted by molar-refractivity contribution is 5.21. The van der Waals surface area contributed by atoms with Crippen molar-refractivity contribution in [3.05, 3.63) is 35.6 Å². The lowest BCUT2D eigenvalue weighted by Gasteiger charge is -2.37. The molecule has 1 saturated heterocycles. The van der Waals surface area contributed by atoms with E-state index in [2.05, 4.69) is 31.0 Å². The summed E-state index contributed by atoms with van der Waals surface area (Å²) in [5, 5.41) is 3.43. The lowest BCUT2D eigenvalue weighted by Crippen LogP contribution is -2.39. The maximum Gasteiger partial charge on any atom is 0.127 e. The molecule has 0 spiro atoms. The van der Waals surface area contributed by atoms with Crippen LogP contribution in [-0.4, -0.2) is 31.1 Å². The highest BCUT2D eigenvalue weighted by Crippen LogP contribution is 2.30. The van der Waals surface area contributed by atoms with Crippen LogP contribution in [0.4, 0.5) is 4.39 Å². The zero-order chi connectivity index (χ0) is 15.3. The summed E-state index contributed by atoms with van der Waals surface area (Å²) in [7, 11) is 0. The van der Waals surface area contributed by atoms with Crippen molar-refractivity contribution >= 4 is 0 Å². The second kappa shape index (κ2) is 7.37. The zero-order valence-corrected chi connectivity index (χ0v) is 13.7. The second-order valence-electron chi connectivity index (χ2n) is 6.93. The minimum Gasteiger partial charge on any atom is -0.310 e. The Morgan fingerprint density at radius 3 is 2.52 bits per heavy atom. The van der Waals surface area contributed by atoms with Gasteiger partial charge in [0.2, 0.25) is 0 Å². The Bertz CT molecular complexity index is 435. The first-order chi connectivity index (χ1) is 10.0. The standard InChI is InChI=1S/C18H29FN2/c1-4-20-17(15-7-5-6-8-16(15)19)9-12-21-13-10-18(2,3)11-14-21/h5-8,17,20H,4,9-14H2,1-3H3. The van der Waals surface area contributed by atoms with Crippen LogP contribution in [0.15, 0.2) is 24.3 Å². The van der Waals surface area contributed by atoms with E-state index in [9.17, 15) is 4.39 Å². The van der Waals surface area contributed by atoms with Gasteiger partial charge in [0, 0.05) is 11.6 Å². The van der Waals surface area contributed by atoms with E-state index in [1.54, 1.807) is 12.1 Å². The number of benzene rings is 1. The molecule has 2 rings (SSSR count). The molecule has 3 heteroatoms. The Kier molecular flexibility index (Phi) is 5.77. The van der Waals surface area contributed by atoms with Crippen LogP contribution in [0.2, 0.25) is 0 Å². The number of piperidine rings is 1. The molecule has 1 aliphatic heterocycles. The van der Waals surface area contributed by atoms with Crippen LogP contribution in [0, 0.1) is 11.2 Å². The van der Waals surface area contributed by atoms with Crippen LogP contribution >= 0.6 is 0 Å². The van der Waals surface area contributed by atoms with Gasteiger partial charge < -0.3 is 10.2 Å². The minimum atomic E-state index is -0.0942. The molecular weight excluding hydrogens is 263 g/mol. The quantitative estimate of drug-likeness (QED) is 0.853. The maximum atomic E-state index is 14.0. The van der Waals surface area contributed by atoms with E-state index < -0.39 is 0 Å². The molecule has 0 radical (unpaired) electrons. The topological polar surface area (TPSA) is 15.3 Å². The summed E-state index contributed by atoms with van der Waals surface area (Å²) < 4.78 is 14.0. The molecule has 0 aromatic heterocycles. The molecule has 1 aromatic rings. The van der Waals surface area contributed by atoms with E-state index in [0.717, 1.165) is 25.1 Å². The maximum absolute atomic E-state index is 14.0. The minimum absolute atomic E-state index is 0.0942. The Labute approximate surface area is 128 Å². The van der Waals surface area contributed by atoms with Gasteiger partial charge in [0.15, 0.2) is 0 Å². The molecule has 0 bridgehead atoms. The van der Waals surface area contributed by atoms with Crippen molar-refractivity contribution in [2.45, 2.75) is 46.1 Å². The lowest BCUT2D eigenvalue weighted by molar-refractivity contribution is 0.128. The first kappa shape index (κ1) is 16.4. The molecule has 0 amide bonds. The first-order valence-corrected chi connectivity index (χ1v) is 8.22. The van der Waals surface area contributed by atoms with Gasteiger partial charge in [-0.3, -0.25) is 0 Å².